The van der Waals surface area contributed by atoms with E-state index < -0.39 is 16.0 Å². The summed E-state index contributed by atoms with van der Waals surface area (Å²) < 4.78 is 28.1. The molecule has 1 aromatic carbocycles. The van der Waals surface area contributed by atoms with E-state index in [0.29, 0.717) is 24.2 Å². The van der Waals surface area contributed by atoms with Crippen LogP contribution in [0.25, 0.3) is 0 Å². The number of carboxylic acid groups (broad SMARTS) is 1. The normalized spacial score (nSPS) is 12.6. The summed E-state index contributed by atoms with van der Waals surface area (Å²) in [4.78, 5) is 13.4. The fourth-order valence-electron chi connectivity index (χ4n) is 2.88. The second kappa shape index (κ2) is 8.78. The summed E-state index contributed by atoms with van der Waals surface area (Å²) in [6.07, 6.45) is 0. The van der Waals surface area contributed by atoms with Gasteiger partial charge < -0.3 is 5.11 Å². The molecule has 0 saturated heterocycles. The molecule has 0 aliphatic carbocycles. The summed E-state index contributed by atoms with van der Waals surface area (Å²) in [6.45, 7) is 12.9. The Morgan fingerprint density at radius 1 is 1.12 bits per heavy atom. The van der Waals surface area contributed by atoms with Gasteiger partial charge in [-0.2, -0.15) is 0 Å². The van der Waals surface area contributed by atoms with E-state index in [1.807, 2.05) is 13.8 Å². The van der Waals surface area contributed by atoms with Crippen LogP contribution in [0.2, 0.25) is 0 Å². The van der Waals surface area contributed by atoms with Crippen molar-refractivity contribution in [2.45, 2.75) is 64.4 Å². The molecule has 1 rings (SSSR count). The van der Waals surface area contributed by atoms with E-state index in [1.165, 1.54) is 12.1 Å². The number of nitrogens with one attached hydrogen (secondary N) is 1. The van der Waals surface area contributed by atoms with Crippen LogP contribution in [0.15, 0.2) is 23.1 Å². The second-order valence-electron chi connectivity index (χ2n) is 7.04. The predicted octanol–water partition coefficient (Wildman–Crippen LogP) is 2.91. The van der Waals surface area contributed by atoms with Gasteiger partial charge in [0.25, 0.3) is 0 Å². The monoisotopic (exact) mass is 370 g/mol. The minimum absolute atomic E-state index is 0.0303. The highest BCUT2D eigenvalue weighted by Gasteiger charge is 2.22. The maximum Gasteiger partial charge on any atom is 0.335 e. The van der Waals surface area contributed by atoms with Gasteiger partial charge in [-0.3, -0.25) is 4.90 Å². The number of rotatable bonds is 9. The molecule has 0 fully saturated rings. The van der Waals surface area contributed by atoms with E-state index in [9.17, 15) is 13.2 Å². The van der Waals surface area contributed by atoms with Crippen LogP contribution in [-0.2, 0) is 10.0 Å². The average molecular weight is 371 g/mol. The summed E-state index contributed by atoms with van der Waals surface area (Å²) in [6, 6.07) is 4.88. The molecule has 0 aliphatic rings. The molecule has 0 heterocycles. The SMILES string of the molecule is CC(C)c1ccc(C(=O)O)cc1S(=O)(=O)NCCN(C(C)C)C(C)C. The van der Waals surface area contributed by atoms with E-state index in [2.05, 4.69) is 37.3 Å². The second-order valence-corrected chi connectivity index (χ2v) is 8.77. The molecule has 0 radical (unpaired) electrons. The third kappa shape index (κ3) is 5.80. The summed E-state index contributed by atoms with van der Waals surface area (Å²) >= 11 is 0. The van der Waals surface area contributed by atoms with Crippen molar-refractivity contribution in [3.8, 4) is 0 Å². The molecule has 0 atom stereocenters. The van der Waals surface area contributed by atoms with Gasteiger partial charge in [-0.15, -0.1) is 0 Å². The van der Waals surface area contributed by atoms with Crippen LogP contribution in [0.1, 0.15) is 63.4 Å². The fraction of sp³-hybridized carbons (Fsp3) is 0.611. The molecule has 142 valence electrons. The van der Waals surface area contributed by atoms with Gasteiger partial charge in [0.15, 0.2) is 0 Å². The molecule has 25 heavy (non-hydrogen) atoms. The third-order valence-electron chi connectivity index (χ3n) is 4.16. The van der Waals surface area contributed by atoms with Crippen LogP contribution in [0.5, 0.6) is 0 Å². The van der Waals surface area contributed by atoms with Crippen molar-refractivity contribution in [3.05, 3.63) is 29.3 Å². The summed E-state index contributed by atoms with van der Waals surface area (Å²) in [5.41, 5.74) is 0.581. The summed E-state index contributed by atoms with van der Waals surface area (Å²) in [5, 5.41) is 9.15. The number of aromatic carboxylic acids is 1. The number of sulfonamides is 1. The smallest absolute Gasteiger partial charge is 0.335 e. The van der Waals surface area contributed by atoms with Gasteiger partial charge in [-0.25, -0.2) is 17.9 Å². The highest BCUT2D eigenvalue weighted by Crippen LogP contribution is 2.25. The highest BCUT2D eigenvalue weighted by atomic mass is 32.2. The molecule has 0 aliphatic heterocycles. The standard InChI is InChI=1S/C18H30N2O4S/c1-12(2)16-8-7-15(18(21)22)11-17(16)25(23,24)19-9-10-20(13(3)4)14(5)6/h7-8,11-14,19H,9-10H2,1-6H3,(H,21,22). The number of benzene rings is 1. The molecular weight excluding hydrogens is 340 g/mol. The Bertz CT molecular complexity index is 689. The Morgan fingerprint density at radius 3 is 2.12 bits per heavy atom. The number of nitrogens with zero attached hydrogens (tertiary/aromatic N) is 1. The van der Waals surface area contributed by atoms with Crippen LogP contribution in [0.3, 0.4) is 0 Å². The molecule has 0 aromatic heterocycles. The summed E-state index contributed by atoms with van der Waals surface area (Å²) in [7, 11) is -3.78. The molecule has 2 N–H and O–H groups in total. The first-order valence-electron chi connectivity index (χ1n) is 8.60. The molecule has 0 saturated carbocycles. The van der Waals surface area contributed by atoms with E-state index in [1.54, 1.807) is 6.07 Å². The number of hydrogen-bond donors (Lipinski definition) is 2. The lowest BCUT2D eigenvalue weighted by molar-refractivity contribution is 0.0696. The zero-order valence-corrected chi connectivity index (χ0v) is 16.7. The molecule has 0 unspecified atom stereocenters. The van der Waals surface area contributed by atoms with Gasteiger partial charge in [-0.05, 0) is 51.3 Å². The Balaban J connectivity index is 3.05. The Hall–Kier alpha value is -1.44. The Kier molecular flexibility index (Phi) is 7.59. The van der Waals surface area contributed by atoms with Crippen LogP contribution < -0.4 is 4.72 Å². The van der Waals surface area contributed by atoms with Crippen molar-refractivity contribution in [1.82, 2.24) is 9.62 Å². The quantitative estimate of drug-likeness (QED) is 0.698. The van der Waals surface area contributed by atoms with Crippen LogP contribution >= 0.6 is 0 Å². The Labute approximate surface area is 151 Å². The first kappa shape index (κ1) is 21.6. The summed E-state index contributed by atoms with van der Waals surface area (Å²) in [5.74, 6) is -1.17. The third-order valence-corrected chi connectivity index (χ3v) is 5.68. The lowest BCUT2D eigenvalue weighted by Gasteiger charge is -2.30. The lowest BCUT2D eigenvalue weighted by atomic mass is 10.0. The number of hydrogen-bond acceptors (Lipinski definition) is 4. The van der Waals surface area contributed by atoms with E-state index in [0.717, 1.165) is 0 Å². The maximum atomic E-state index is 12.7. The van der Waals surface area contributed by atoms with Crippen molar-refractivity contribution < 1.29 is 18.3 Å². The first-order valence-corrected chi connectivity index (χ1v) is 10.1. The number of carboxylic acids is 1. The van der Waals surface area contributed by atoms with E-state index in [-0.39, 0.29) is 22.9 Å². The Morgan fingerprint density at radius 2 is 1.68 bits per heavy atom. The van der Waals surface area contributed by atoms with E-state index >= 15 is 0 Å². The van der Waals surface area contributed by atoms with Crippen LogP contribution in [0, 0.1) is 0 Å². The topological polar surface area (TPSA) is 86.7 Å². The lowest BCUT2D eigenvalue weighted by Crippen LogP contribution is -2.42. The van der Waals surface area contributed by atoms with Crippen LogP contribution in [-0.4, -0.2) is 49.6 Å². The van der Waals surface area contributed by atoms with Crippen molar-refractivity contribution in [3.63, 3.8) is 0 Å². The predicted molar refractivity (Wildman–Crippen MR) is 99.7 cm³/mol. The van der Waals surface area contributed by atoms with Gasteiger partial charge in [0.2, 0.25) is 10.0 Å². The molecule has 0 amide bonds. The van der Waals surface area contributed by atoms with Crippen molar-refractivity contribution >= 4 is 16.0 Å². The fourth-order valence-corrected chi connectivity index (χ4v) is 4.29. The molecule has 7 heteroatoms. The molecule has 0 spiro atoms. The largest absolute Gasteiger partial charge is 0.478 e. The minimum Gasteiger partial charge on any atom is -0.478 e. The van der Waals surface area contributed by atoms with Gasteiger partial charge in [0, 0.05) is 25.2 Å². The number of carbonyl (C=O) groups is 1. The van der Waals surface area contributed by atoms with Crippen molar-refractivity contribution in [2.75, 3.05) is 13.1 Å². The maximum absolute atomic E-state index is 12.7. The first-order chi connectivity index (χ1) is 11.5. The van der Waals surface area contributed by atoms with Gasteiger partial charge >= 0.3 is 5.97 Å². The van der Waals surface area contributed by atoms with Crippen molar-refractivity contribution in [2.24, 2.45) is 0 Å². The zero-order chi connectivity index (χ0) is 19.4. The molecule has 0 bridgehead atoms. The average Bonchev–Trinajstić information content (AvgIpc) is 2.49. The van der Waals surface area contributed by atoms with Crippen LogP contribution in [0.4, 0.5) is 0 Å². The molecule has 6 nitrogen and oxygen atoms in total. The highest BCUT2D eigenvalue weighted by molar-refractivity contribution is 7.89. The van der Waals surface area contributed by atoms with Gasteiger partial charge in [0.1, 0.15) is 0 Å². The molecular formula is C18H30N2O4S. The van der Waals surface area contributed by atoms with Crippen molar-refractivity contribution in [1.29, 1.82) is 0 Å². The molecule has 1 aromatic rings. The van der Waals surface area contributed by atoms with Gasteiger partial charge in [-0.1, -0.05) is 19.9 Å². The van der Waals surface area contributed by atoms with Gasteiger partial charge in [0.05, 0.1) is 10.5 Å². The zero-order valence-electron chi connectivity index (χ0n) is 15.9. The van der Waals surface area contributed by atoms with E-state index in [4.69, 9.17) is 5.11 Å². The minimum atomic E-state index is -3.78.